The van der Waals surface area contributed by atoms with Gasteiger partial charge in [0, 0.05) is 17.3 Å². The van der Waals surface area contributed by atoms with Gasteiger partial charge in [0.1, 0.15) is 11.9 Å². The first-order valence-corrected chi connectivity index (χ1v) is 7.18. The molecule has 106 valence electrons. The zero-order chi connectivity index (χ0) is 14.4. The first kappa shape index (κ1) is 16.0. The molecule has 4 nitrogen and oxygen atoms in total. The Kier molecular flexibility index (Phi) is 6.31. The molecular formula is C14H18BrO4-. The first-order chi connectivity index (χ1) is 8.97. The summed E-state index contributed by atoms with van der Waals surface area (Å²) in [6.45, 7) is 3.60. The summed E-state index contributed by atoms with van der Waals surface area (Å²) in [6, 6.07) is 5.57. The second-order valence-electron chi connectivity index (χ2n) is 4.48. The minimum absolute atomic E-state index is 0.156. The van der Waals surface area contributed by atoms with Gasteiger partial charge in [0.25, 0.3) is 0 Å². The zero-order valence-corrected chi connectivity index (χ0v) is 12.9. The molecule has 0 radical (unpaired) electrons. The molecule has 0 bridgehead atoms. The van der Waals surface area contributed by atoms with Crippen molar-refractivity contribution in [2.75, 3.05) is 7.11 Å². The summed E-state index contributed by atoms with van der Waals surface area (Å²) in [5.41, 5.74) is 1.85. The van der Waals surface area contributed by atoms with Crippen molar-refractivity contribution in [3.05, 3.63) is 29.3 Å². The van der Waals surface area contributed by atoms with Gasteiger partial charge in [-0.15, -0.1) is 0 Å². The Morgan fingerprint density at radius 3 is 2.58 bits per heavy atom. The van der Waals surface area contributed by atoms with Gasteiger partial charge in [0.05, 0.1) is 19.2 Å². The molecule has 0 aliphatic heterocycles. The Hall–Kier alpha value is -1.07. The standard InChI is InChI=1S/C14H19BrO4/c1-9(2)19-13(14(16)17)7-10-4-5-12(18-3)11(6-10)8-15/h4-6,9,13H,7-8H2,1-3H3,(H,16,17)/p-1. The van der Waals surface area contributed by atoms with E-state index in [0.717, 1.165) is 16.9 Å². The predicted molar refractivity (Wildman–Crippen MR) is 74.3 cm³/mol. The number of carbonyl (C=O) groups is 1. The third-order valence-corrected chi connectivity index (χ3v) is 3.21. The molecule has 5 heteroatoms. The summed E-state index contributed by atoms with van der Waals surface area (Å²) in [6.07, 6.45) is -0.807. The monoisotopic (exact) mass is 329 g/mol. The van der Waals surface area contributed by atoms with Gasteiger partial charge in [-0.1, -0.05) is 28.1 Å². The molecule has 0 fully saturated rings. The van der Waals surface area contributed by atoms with E-state index in [0.29, 0.717) is 5.33 Å². The van der Waals surface area contributed by atoms with E-state index in [1.165, 1.54) is 0 Å². The lowest BCUT2D eigenvalue weighted by Gasteiger charge is -2.21. The lowest BCUT2D eigenvalue weighted by molar-refractivity contribution is -0.318. The van der Waals surface area contributed by atoms with Gasteiger partial charge in [-0.25, -0.2) is 0 Å². The van der Waals surface area contributed by atoms with E-state index in [2.05, 4.69) is 15.9 Å². The van der Waals surface area contributed by atoms with Gasteiger partial charge >= 0.3 is 0 Å². The number of benzene rings is 1. The quantitative estimate of drug-likeness (QED) is 0.714. The number of carboxylic acid groups (broad SMARTS) is 1. The van der Waals surface area contributed by atoms with Crippen LogP contribution in [0.5, 0.6) is 5.75 Å². The van der Waals surface area contributed by atoms with Crippen LogP contribution in [0.3, 0.4) is 0 Å². The Morgan fingerprint density at radius 2 is 2.11 bits per heavy atom. The molecule has 0 spiro atoms. The van der Waals surface area contributed by atoms with Crippen molar-refractivity contribution in [2.45, 2.75) is 37.8 Å². The number of hydrogen-bond acceptors (Lipinski definition) is 4. The van der Waals surface area contributed by atoms with Crippen LogP contribution in [0.15, 0.2) is 18.2 Å². The van der Waals surface area contributed by atoms with Gasteiger partial charge in [-0.3, -0.25) is 0 Å². The van der Waals surface area contributed by atoms with E-state index in [4.69, 9.17) is 9.47 Å². The van der Waals surface area contributed by atoms with Crippen molar-refractivity contribution in [3.63, 3.8) is 0 Å². The third kappa shape index (κ3) is 4.84. The van der Waals surface area contributed by atoms with Gasteiger partial charge in [-0.2, -0.15) is 0 Å². The summed E-state index contributed by atoms with van der Waals surface area (Å²) in [4.78, 5) is 11.0. The fourth-order valence-corrected chi connectivity index (χ4v) is 2.23. The molecule has 0 amide bonds. The lowest BCUT2D eigenvalue weighted by atomic mass is 10.0. The Bertz CT molecular complexity index is 431. The number of halogens is 1. The van der Waals surface area contributed by atoms with Crippen LogP contribution < -0.4 is 9.84 Å². The zero-order valence-electron chi connectivity index (χ0n) is 11.3. The molecule has 0 aromatic heterocycles. The third-order valence-electron chi connectivity index (χ3n) is 2.61. The molecule has 1 atom stereocenters. The fourth-order valence-electron chi connectivity index (χ4n) is 1.79. The highest BCUT2D eigenvalue weighted by atomic mass is 79.9. The molecule has 0 saturated heterocycles. The van der Waals surface area contributed by atoms with Gasteiger partial charge in [-0.05, 0) is 25.5 Å². The lowest BCUT2D eigenvalue weighted by Crippen LogP contribution is -2.40. The molecular weight excluding hydrogens is 312 g/mol. The maximum Gasteiger partial charge on any atom is 0.122 e. The van der Waals surface area contributed by atoms with Crippen LogP contribution in [0.2, 0.25) is 0 Å². The van der Waals surface area contributed by atoms with Gasteiger partial charge < -0.3 is 19.4 Å². The Balaban J connectivity index is 2.87. The van der Waals surface area contributed by atoms with Crippen molar-refractivity contribution < 1.29 is 19.4 Å². The van der Waals surface area contributed by atoms with E-state index >= 15 is 0 Å². The first-order valence-electron chi connectivity index (χ1n) is 6.06. The molecule has 19 heavy (non-hydrogen) atoms. The summed E-state index contributed by atoms with van der Waals surface area (Å²) >= 11 is 3.38. The number of aliphatic carboxylic acids is 1. The van der Waals surface area contributed by atoms with Crippen molar-refractivity contribution >= 4 is 21.9 Å². The van der Waals surface area contributed by atoms with Gasteiger partial charge in [0.2, 0.25) is 0 Å². The highest BCUT2D eigenvalue weighted by Crippen LogP contribution is 2.23. The van der Waals surface area contributed by atoms with E-state index in [1.807, 2.05) is 18.2 Å². The van der Waals surface area contributed by atoms with Crippen LogP contribution in [-0.2, 0) is 21.3 Å². The Labute approximate surface area is 121 Å². The topological polar surface area (TPSA) is 58.6 Å². The van der Waals surface area contributed by atoms with Crippen LogP contribution in [0, 0.1) is 0 Å². The average Bonchev–Trinajstić information content (AvgIpc) is 2.37. The van der Waals surface area contributed by atoms with E-state index < -0.39 is 12.1 Å². The maximum absolute atomic E-state index is 11.0. The molecule has 1 rings (SSSR count). The largest absolute Gasteiger partial charge is 0.547 e. The van der Waals surface area contributed by atoms with E-state index in [-0.39, 0.29) is 12.5 Å². The Morgan fingerprint density at radius 1 is 1.42 bits per heavy atom. The number of rotatable bonds is 7. The van der Waals surface area contributed by atoms with Crippen LogP contribution in [0.1, 0.15) is 25.0 Å². The molecule has 0 heterocycles. The normalized spacial score (nSPS) is 12.5. The number of alkyl halides is 1. The van der Waals surface area contributed by atoms with E-state index in [1.54, 1.807) is 21.0 Å². The minimum atomic E-state index is -1.19. The SMILES string of the molecule is COc1ccc(CC(OC(C)C)C(=O)[O-])cc1CBr. The maximum atomic E-state index is 11.0. The molecule has 0 aliphatic carbocycles. The molecule has 1 unspecified atom stereocenters. The molecule has 1 aromatic rings. The molecule has 0 aliphatic rings. The second-order valence-corrected chi connectivity index (χ2v) is 5.04. The van der Waals surface area contributed by atoms with Crippen molar-refractivity contribution in [1.29, 1.82) is 0 Å². The number of methoxy groups -OCH3 is 1. The highest BCUT2D eigenvalue weighted by molar-refractivity contribution is 9.08. The number of carboxylic acids is 1. The summed E-state index contributed by atoms with van der Waals surface area (Å²) in [7, 11) is 1.60. The predicted octanol–water partition coefficient (Wildman–Crippen LogP) is 1.68. The summed E-state index contributed by atoms with van der Waals surface area (Å²) in [5, 5.41) is 11.7. The van der Waals surface area contributed by atoms with Crippen LogP contribution in [0.4, 0.5) is 0 Å². The van der Waals surface area contributed by atoms with Crippen LogP contribution in [0.25, 0.3) is 0 Å². The van der Waals surface area contributed by atoms with Crippen molar-refractivity contribution in [2.24, 2.45) is 0 Å². The smallest absolute Gasteiger partial charge is 0.122 e. The van der Waals surface area contributed by atoms with E-state index in [9.17, 15) is 9.90 Å². The highest BCUT2D eigenvalue weighted by Gasteiger charge is 2.14. The number of ether oxygens (including phenoxy) is 2. The van der Waals surface area contributed by atoms with Gasteiger partial charge in [0.15, 0.2) is 0 Å². The average molecular weight is 330 g/mol. The summed E-state index contributed by atoms with van der Waals surface area (Å²) < 4.78 is 10.6. The molecule has 0 N–H and O–H groups in total. The molecule has 1 aromatic carbocycles. The summed E-state index contributed by atoms with van der Waals surface area (Å²) in [5.74, 6) is -0.416. The van der Waals surface area contributed by atoms with Crippen molar-refractivity contribution in [3.8, 4) is 5.75 Å². The van der Waals surface area contributed by atoms with Crippen LogP contribution >= 0.6 is 15.9 Å². The van der Waals surface area contributed by atoms with Crippen molar-refractivity contribution in [1.82, 2.24) is 0 Å². The van der Waals surface area contributed by atoms with Crippen LogP contribution in [-0.4, -0.2) is 25.3 Å². The fraction of sp³-hybridized carbons (Fsp3) is 0.500. The number of hydrogen-bond donors (Lipinski definition) is 0. The second kappa shape index (κ2) is 7.50. The number of carbonyl (C=O) groups excluding carboxylic acids is 1. The molecule has 0 saturated carbocycles. The minimum Gasteiger partial charge on any atom is -0.547 e.